The maximum Gasteiger partial charge on any atom is 0.335 e. The van der Waals surface area contributed by atoms with E-state index in [1.807, 2.05) is 0 Å². The van der Waals surface area contributed by atoms with Crippen LogP contribution in [0.15, 0.2) is 29.6 Å². The molecule has 0 aliphatic rings. The predicted octanol–water partition coefficient (Wildman–Crippen LogP) is 2.85. The second kappa shape index (κ2) is 5.70. The van der Waals surface area contributed by atoms with Gasteiger partial charge in [-0.05, 0) is 29.6 Å². The van der Waals surface area contributed by atoms with Crippen LogP contribution in [0.1, 0.15) is 20.0 Å². The van der Waals surface area contributed by atoms with Crippen molar-refractivity contribution in [2.75, 3.05) is 12.4 Å². The number of amides is 1. The number of hydrogen-bond donors (Lipinski definition) is 2. The molecule has 0 spiro atoms. The fourth-order valence-corrected chi connectivity index (χ4v) is 2.31. The van der Waals surface area contributed by atoms with Crippen molar-refractivity contribution in [2.45, 2.75) is 0 Å². The molecular weight excluding hydrogens is 285 g/mol. The smallest absolute Gasteiger partial charge is 0.335 e. The van der Waals surface area contributed by atoms with Gasteiger partial charge in [0.1, 0.15) is 16.4 Å². The summed E-state index contributed by atoms with van der Waals surface area (Å²) in [5.74, 6) is -2.16. The van der Waals surface area contributed by atoms with Gasteiger partial charge >= 0.3 is 5.97 Å². The van der Waals surface area contributed by atoms with E-state index < -0.39 is 17.7 Å². The van der Waals surface area contributed by atoms with Gasteiger partial charge in [-0.1, -0.05) is 0 Å². The maximum absolute atomic E-state index is 13.7. The Kier molecular flexibility index (Phi) is 3.99. The lowest BCUT2D eigenvalue weighted by atomic mass is 10.2. The third-order valence-electron chi connectivity index (χ3n) is 2.52. The van der Waals surface area contributed by atoms with Gasteiger partial charge in [-0.2, -0.15) is 0 Å². The molecule has 1 aromatic carbocycles. The number of rotatable bonds is 4. The van der Waals surface area contributed by atoms with Gasteiger partial charge in [0, 0.05) is 0 Å². The Morgan fingerprint density at radius 3 is 2.70 bits per heavy atom. The molecule has 1 aromatic heterocycles. The van der Waals surface area contributed by atoms with Gasteiger partial charge in [-0.25, -0.2) is 9.18 Å². The molecule has 0 aliphatic heterocycles. The molecule has 0 unspecified atom stereocenters. The van der Waals surface area contributed by atoms with Crippen molar-refractivity contribution in [3.05, 3.63) is 45.9 Å². The van der Waals surface area contributed by atoms with Crippen molar-refractivity contribution < 1.29 is 23.8 Å². The molecule has 0 aliphatic carbocycles. The van der Waals surface area contributed by atoms with E-state index in [0.717, 1.165) is 17.4 Å². The minimum Gasteiger partial charge on any atom is -0.495 e. The van der Waals surface area contributed by atoms with E-state index in [-0.39, 0.29) is 11.3 Å². The standard InChI is InChI=1S/C13H10FNO4S/c1-19-10-4-5-20-11(10)12(16)15-9-3-2-7(13(17)18)6-8(9)14/h2-6H,1H3,(H,15,16)(H,17,18). The number of anilines is 1. The number of carbonyl (C=O) groups excluding carboxylic acids is 1. The van der Waals surface area contributed by atoms with Crippen molar-refractivity contribution in [3.8, 4) is 5.75 Å². The van der Waals surface area contributed by atoms with Crippen LogP contribution in [0.5, 0.6) is 5.75 Å². The first-order chi connectivity index (χ1) is 9.52. The number of methoxy groups -OCH3 is 1. The van der Waals surface area contributed by atoms with E-state index in [2.05, 4.69) is 5.32 Å². The molecule has 7 heteroatoms. The second-order valence-electron chi connectivity index (χ2n) is 3.77. The summed E-state index contributed by atoms with van der Waals surface area (Å²) in [6, 6.07) is 4.90. The molecule has 0 radical (unpaired) electrons. The Bertz CT molecular complexity index is 668. The quantitative estimate of drug-likeness (QED) is 0.909. The lowest BCUT2D eigenvalue weighted by Gasteiger charge is -2.07. The van der Waals surface area contributed by atoms with Crippen molar-refractivity contribution in [3.63, 3.8) is 0 Å². The van der Waals surface area contributed by atoms with Crippen LogP contribution < -0.4 is 10.1 Å². The SMILES string of the molecule is COc1ccsc1C(=O)Nc1ccc(C(=O)O)cc1F. The van der Waals surface area contributed by atoms with E-state index >= 15 is 0 Å². The Morgan fingerprint density at radius 1 is 1.35 bits per heavy atom. The van der Waals surface area contributed by atoms with Gasteiger partial charge in [-0.15, -0.1) is 11.3 Å². The molecule has 2 rings (SSSR count). The average Bonchev–Trinajstić information content (AvgIpc) is 2.89. The Balaban J connectivity index is 2.22. The van der Waals surface area contributed by atoms with Crippen LogP contribution in [0, 0.1) is 5.82 Å². The first kappa shape index (κ1) is 14.0. The van der Waals surface area contributed by atoms with E-state index in [1.54, 1.807) is 11.4 Å². The summed E-state index contributed by atoms with van der Waals surface area (Å²) in [6.07, 6.45) is 0. The number of carboxylic acid groups (broad SMARTS) is 1. The van der Waals surface area contributed by atoms with Gasteiger partial charge in [0.05, 0.1) is 18.4 Å². The number of ether oxygens (including phenoxy) is 1. The van der Waals surface area contributed by atoms with Crippen LogP contribution in [0.4, 0.5) is 10.1 Å². The van der Waals surface area contributed by atoms with Crippen LogP contribution in [0.3, 0.4) is 0 Å². The number of thiophene rings is 1. The molecule has 0 saturated carbocycles. The number of carbonyl (C=O) groups is 2. The van der Waals surface area contributed by atoms with Crippen LogP contribution in [-0.4, -0.2) is 24.1 Å². The van der Waals surface area contributed by atoms with Gasteiger partial charge in [-0.3, -0.25) is 4.79 Å². The van der Waals surface area contributed by atoms with Crippen molar-refractivity contribution >= 4 is 28.9 Å². The summed E-state index contributed by atoms with van der Waals surface area (Å²) in [7, 11) is 1.43. The summed E-state index contributed by atoms with van der Waals surface area (Å²) in [4.78, 5) is 23.0. The molecule has 2 N–H and O–H groups in total. The lowest BCUT2D eigenvalue weighted by molar-refractivity contribution is 0.0696. The first-order valence-corrected chi connectivity index (χ1v) is 6.36. The third kappa shape index (κ3) is 2.77. The molecule has 1 heterocycles. The van der Waals surface area contributed by atoms with E-state index in [1.165, 1.54) is 19.2 Å². The average molecular weight is 295 g/mol. The first-order valence-electron chi connectivity index (χ1n) is 5.48. The highest BCUT2D eigenvalue weighted by Crippen LogP contribution is 2.26. The Morgan fingerprint density at radius 2 is 2.10 bits per heavy atom. The van der Waals surface area contributed by atoms with E-state index in [4.69, 9.17) is 9.84 Å². The van der Waals surface area contributed by atoms with Gasteiger partial charge in [0.25, 0.3) is 5.91 Å². The highest BCUT2D eigenvalue weighted by Gasteiger charge is 2.16. The minimum atomic E-state index is -1.23. The molecule has 5 nitrogen and oxygen atoms in total. The van der Waals surface area contributed by atoms with Crippen molar-refractivity contribution in [1.82, 2.24) is 0 Å². The molecule has 1 amide bonds. The third-order valence-corrected chi connectivity index (χ3v) is 3.41. The second-order valence-corrected chi connectivity index (χ2v) is 4.69. The maximum atomic E-state index is 13.7. The summed E-state index contributed by atoms with van der Waals surface area (Å²) in [5.41, 5.74) is -0.273. The summed E-state index contributed by atoms with van der Waals surface area (Å²) in [5, 5.41) is 12.8. The predicted molar refractivity (Wildman–Crippen MR) is 72.2 cm³/mol. The van der Waals surface area contributed by atoms with Crippen molar-refractivity contribution in [1.29, 1.82) is 0 Å². The highest BCUT2D eigenvalue weighted by atomic mass is 32.1. The fraction of sp³-hybridized carbons (Fsp3) is 0.0769. The molecule has 0 bridgehead atoms. The normalized spacial score (nSPS) is 10.1. The van der Waals surface area contributed by atoms with Gasteiger partial charge in [0.15, 0.2) is 0 Å². The van der Waals surface area contributed by atoms with Crippen LogP contribution in [-0.2, 0) is 0 Å². The monoisotopic (exact) mass is 295 g/mol. The minimum absolute atomic E-state index is 0.0875. The van der Waals surface area contributed by atoms with Crippen LogP contribution >= 0.6 is 11.3 Å². The number of nitrogens with one attached hydrogen (secondary N) is 1. The summed E-state index contributed by atoms with van der Waals surface area (Å²) in [6.45, 7) is 0. The Labute approximate surface area is 117 Å². The van der Waals surface area contributed by atoms with Gasteiger partial charge in [0.2, 0.25) is 0 Å². The molecule has 0 saturated heterocycles. The molecular formula is C13H10FNO4S. The molecule has 20 heavy (non-hydrogen) atoms. The van der Waals surface area contributed by atoms with Crippen LogP contribution in [0.25, 0.3) is 0 Å². The number of benzene rings is 1. The molecule has 2 aromatic rings. The summed E-state index contributed by atoms with van der Waals surface area (Å²) >= 11 is 1.16. The Hall–Kier alpha value is -2.41. The largest absolute Gasteiger partial charge is 0.495 e. The van der Waals surface area contributed by atoms with Gasteiger partial charge < -0.3 is 15.2 Å². The summed E-state index contributed by atoms with van der Waals surface area (Å²) < 4.78 is 18.7. The lowest BCUT2D eigenvalue weighted by Crippen LogP contribution is -2.13. The zero-order valence-electron chi connectivity index (χ0n) is 10.3. The van der Waals surface area contributed by atoms with Crippen LogP contribution in [0.2, 0.25) is 0 Å². The molecule has 0 atom stereocenters. The number of carboxylic acids is 1. The molecule has 104 valence electrons. The highest BCUT2D eigenvalue weighted by molar-refractivity contribution is 7.12. The number of aromatic carboxylic acids is 1. The number of halogens is 1. The van der Waals surface area contributed by atoms with Crippen molar-refractivity contribution in [2.24, 2.45) is 0 Å². The fourth-order valence-electron chi connectivity index (χ4n) is 1.55. The molecule has 0 fully saturated rings. The van der Waals surface area contributed by atoms with E-state index in [0.29, 0.717) is 10.6 Å². The number of hydrogen-bond acceptors (Lipinski definition) is 4. The topological polar surface area (TPSA) is 75.6 Å². The zero-order chi connectivity index (χ0) is 14.7. The zero-order valence-corrected chi connectivity index (χ0v) is 11.2. The van der Waals surface area contributed by atoms with E-state index in [9.17, 15) is 14.0 Å².